The number of carbonyl (C=O) groups excluding carboxylic acids is 2. The zero-order valence-electron chi connectivity index (χ0n) is 20.5. The summed E-state index contributed by atoms with van der Waals surface area (Å²) in [5.74, 6) is 1.13. The lowest BCUT2D eigenvalue weighted by atomic mass is 9.99. The van der Waals surface area contributed by atoms with E-state index in [1.54, 1.807) is 0 Å². The number of aryl methyl sites for hydroxylation is 2. The van der Waals surface area contributed by atoms with Gasteiger partial charge in [-0.1, -0.05) is 17.7 Å². The predicted octanol–water partition coefficient (Wildman–Crippen LogP) is 3.96. The number of aromatic nitrogens is 4. The Kier molecular flexibility index (Phi) is 6.81. The third kappa shape index (κ3) is 5.31. The molecule has 1 saturated heterocycles. The number of ether oxygens (including phenoxy) is 1. The molecule has 186 valence electrons. The van der Waals surface area contributed by atoms with Gasteiger partial charge in [0.05, 0.1) is 30.4 Å². The largest absolute Gasteiger partial charge is 0.493 e. The molecule has 2 aromatic heterocycles. The number of anilines is 1. The first kappa shape index (κ1) is 23.7. The normalized spacial score (nSPS) is 14.2. The first-order chi connectivity index (χ1) is 17.5. The molecule has 9 heteroatoms. The minimum absolute atomic E-state index is 0.00532. The number of amides is 1. The van der Waals surface area contributed by atoms with Gasteiger partial charge < -0.3 is 25.3 Å². The first-order valence-electron chi connectivity index (χ1n) is 12.2. The number of carbonyl (C=O) groups is 2. The van der Waals surface area contributed by atoms with Crippen LogP contribution in [0.1, 0.15) is 50.8 Å². The Balaban J connectivity index is 1.25. The number of nitrogens with zero attached hydrogens (tertiary/aromatic N) is 2. The van der Waals surface area contributed by atoms with Gasteiger partial charge in [0.1, 0.15) is 23.0 Å². The molecule has 0 spiro atoms. The van der Waals surface area contributed by atoms with E-state index in [1.165, 1.54) is 6.33 Å². The van der Waals surface area contributed by atoms with E-state index in [9.17, 15) is 9.59 Å². The van der Waals surface area contributed by atoms with Crippen molar-refractivity contribution in [2.45, 2.75) is 33.1 Å². The summed E-state index contributed by atoms with van der Waals surface area (Å²) in [4.78, 5) is 40.6. The van der Waals surface area contributed by atoms with Crippen molar-refractivity contribution < 1.29 is 14.3 Å². The Hall–Kier alpha value is -3.98. The molecule has 36 heavy (non-hydrogen) atoms. The van der Waals surface area contributed by atoms with E-state index in [0.29, 0.717) is 24.0 Å². The summed E-state index contributed by atoms with van der Waals surface area (Å²) in [5, 5.41) is 6.22. The highest BCUT2D eigenvalue weighted by atomic mass is 16.5. The van der Waals surface area contributed by atoms with E-state index in [1.807, 2.05) is 50.2 Å². The van der Waals surface area contributed by atoms with Crippen LogP contribution in [0.3, 0.4) is 0 Å². The number of H-pyrrole nitrogens is 2. The maximum Gasteiger partial charge on any atom is 0.274 e. The highest BCUT2D eigenvalue weighted by Crippen LogP contribution is 2.22. The zero-order chi connectivity index (χ0) is 25.1. The maximum atomic E-state index is 13.0. The Bertz CT molecular complexity index is 1400. The second-order valence-electron chi connectivity index (χ2n) is 9.37. The van der Waals surface area contributed by atoms with Crippen molar-refractivity contribution in [3.63, 3.8) is 0 Å². The summed E-state index contributed by atoms with van der Waals surface area (Å²) in [6.45, 7) is 6.68. The number of nitrogens with one attached hydrogen (secondary N) is 4. The molecule has 9 nitrogen and oxygen atoms in total. The zero-order valence-corrected chi connectivity index (χ0v) is 20.5. The summed E-state index contributed by atoms with van der Waals surface area (Å²) in [6.07, 6.45) is 3.59. The summed E-state index contributed by atoms with van der Waals surface area (Å²) in [5.41, 5.74) is 4.51. The fourth-order valence-corrected chi connectivity index (χ4v) is 4.53. The minimum Gasteiger partial charge on any atom is -0.493 e. The second kappa shape index (κ2) is 10.3. The smallest absolute Gasteiger partial charge is 0.274 e. The van der Waals surface area contributed by atoms with Crippen LogP contribution in [0.5, 0.6) is 5.75 Å². The van der Waals surface area contributed by atoms with Crippen LogP contribution in [-0.4, -0.2) is 51.3 Å². The van der Waals surface area contributed by atoms with Crippen LogP contribution in [0.4, 0.5) is 5.69 Å². The Morgan fingerprint density at radius 1 is 1.11 bits per heavy atom. The highest BCUT2D eigenvalue weighted by molar-refractivity contribution is 6.11. The number of rotatable bonds is 8. The molecule has 0 aliphatic carbocycles. The van der Waals surface area contributed by atoms with Crippen molar-refractivity contribution in [1.29, 1.82) is 0 Å². The number of hydrogen-bond acceptors (Lipinski definition) is 6. The number of fused-ring (bicyclic) bond motifs is 1. The molecular weight excluding hydrogens is 456 g/mol. The quantitative estimate of drug-likeness (QED) is 0.280. The van der Waals surface area contributed by atoms with E-state index >= 15 is 0 Å². The number of aromatic amines is 2. The van der Waals surface area contributed by atoms with Gasteiger partial charge in [-0.25, -0.2) is 9.97 Å². The van der Waals surface area contributed by atoms with Crippen molar-refractivity contribution in [2.24, 2.45) is 5.92 Å². The van der Waals surface area contributed by atoms with Gasteiger partial charge in [0.15, 0.2) is 5.78 Å². The number of hydrogen-bond donors (Lipinski definition) is 4. The molecule has 0 bridgehead atoms. The van der Waals surface area contributed by atoms with Crippen molar-refractivity contribution in [3.05, 3.63) is 71.1 Å². The van der Waals surface area contributed by atoms with E-state index in [2.05, 4.69) is 30.6 Å². The minimum atomic E-state index is -0.414. The molecule has 4 aromatic rings. The molecule has 1 fully saturated rings. The third-order valence-corrected chi connectivity index (χ3v) is 6.54. The summed E-state index contributed by atoms with van der Waals surface area (Å²) in [7, 11) is 0. The van der Waals surface area contributed by atoms with Crippen molar-refractivity contribution >= 4 is 28.4 Å². The van der Waals surface area contributed by atoms with E-state index in [0.717, 1.165) is 53.8 Å². The summed E-state index contributed by atoms with van der Waals surface area (Å²) in [6, 6.07) is 11.5. The number of benzene rings is 2. The lowest BCUT2D eigenvalue weighted by Crippen LogP contribution is -2.30. The van der Waals surface area contributed by atoms with Crippen LogP contribution in [0.15, 0.2) is 42.7 Å². The molecule has 1 aliphatic rings. The fourth-order valence-electron chi connectivity index (χ4n) is 4.53. The SMILES string of the molecule is Cc1ccc(NC(=O)c2[nH]cnc2C(=O)Cc2nc3ccc(OCC4CCNCC4)cc3[nH]2)c(C)c1. The fraction of sp³-hybridized carbons (Fsp3) is 0.333. The highest BCUT2D eigenvalue weighted by Gasteiger charge is 2.22. The molecule has 1 aliphatic heterocycles. The van der Waals surface area contributed by atoms with Gasteiger partial charge >= 0.3 is 0 Å². The number of imidazole rings is 2. The predicted molar refractivity (Wildman–Crippen MR) is 138 cm³/mol. The molecule has 0 unspecified atom stereocenters. The van der Waals surface area contributed by atoms with Crippen LogP contribution in [0.25, 0.3) is 11.0 Å². The summed E-state index contributed by atoms with van der Waals surface area (Å²) < 4.78 is 6.01. The van der Waals surface area contributed by atoms with Crippen LogP contribution >= 0.6 is 0 Å². The molecule has 4 N–H and O–H groups in total. The van der Waals surface area contributed by atoms with E-state index in [4.69, 9.17) is 4.74 Å². The monoisotopic (exact) mass is 486 g/mol. The first-order valence-corrected chi connectivity index (χ1v) is 12.2. The van der Waals surface area contributed by atoms with Crippen molar-refractivity contribution in [1.82, 2.24) is 25.3 Å². The molecule has 0 saturated carbocycles. The molecule has 5 rings (SSSR count). The van der Waals surface area contributed by atoms with E-state index in [-0.39, 0.29) is 23.6 Å². The number of piperidine rings is 1. The number of Topliss-reactive ketones (excluding diaryl/α,β-unsaturated/α-hetero) is 1. The van der Waals surface area contributed by atoms with Gasteiger partial charge in [-0.05, 0) is 69.5 Å². The Labute approximate surface area is 209 Å². The van der Waals surface area contributed by atoms with Crippen LogP contribution in [0, 0.1) is 19.8 Å². The lowest BCUT2D eigenvalue weighted by molar-refractivity contribution is 0.0965. The molecule has 3 heterocycles. The standard InChI is InChI=1S/C27H30N6O3/c1-16-3-5-20(17(2)11-16)33-27(35)26-25(29-15-30-26)23(34)13-24-31-21-6-4-19(12-22(21)32-24)36-14-18-7-9-28-10-8-18/h3-6,11-12,15,18,28H,7-10,13-14H2,1-2H3,(H,29,30)(H,31,32)(H,33,35). The van der Waals surface area contributed by atoms with Gasteiger partial charge in [-0.15, -0.1) is 0 Å². The molecule has 0 radical (unpaired) electrons. The molecule has 0 atom stereocenters. The molecule has 1 amide bonds. The Morgan fingerprint density at radius 2 is 1.94 bits per heavy atom. The lowest BCUT2D eigenvalue weighted by Gasteiger charge is -2.22. The van der Waals surface area contributed by atoms with Gasteiger partial charge in [-0.3, -0.25) is 9.59 Å². The maximum absolute atomic E-state index is 13.0. The Morgan fingerprint density at radius 3 is 2.75 bits per heavy atom. The molecular formula is C27H30N6O3. The van der Waals surface area contributed by atoms with Crippen LogP contribution in [-0.2, 0) is 6.42 Å². The van der Waals surface area contributed by atoms with Crippen LogP contribution in [0.2, 0.25) is 0 Å². The topological polar surface area (TPSA) is 125 Å². The van der Waals surface area contributed by atoms with Gasteiger partial charge in [0, 0.05) is 11.8 Å². The third-order valence-electron chi connectivity index (χ3n) is 6.54. The van der Waals surface area contributed by atoms with Crippen LogP contribution < -0.4 is 15.4 Å². The second-order valence-corrected chi connectivity index (χ2v) is 9.37. The number of ketones is 1. The van der Waals surface area contributed by atoms with Crippen molar-refractivity contribution in [2.75, 3.05) is 25.0 Å². The van der Waals surface area contributed by atoms with Gasteiger partial charge in [0.2, 0.25) is 0 Å². The summed E-state index contributed by atoms with van der Waals surface area (Å²) >= 11 is 0. The van der Waals surface area contributed by atoms with Gasteiger partial charge in [-0.2, -0.15) is 0 Å². The van der Waals surface area contributed by atoms with Gasteiger partial charge in [0.25, 0.3) is 5.91 Å². The van der Waals surface area contributed by atoms with Crippen molar-refractivity contribution in [3.8, 4) is 5.75 Å². The average molecular weight is 487 g/mol. The average Bonchev–Trinajstić information content (AvgIpc) is 3.52. The van der Waals surface area contributed by atoms with E-state index < -0.39 is 5.91 Å². The molecule has 2 aromatic carbocycles.